The number of fused-ring (bicyclic) bond motifs is 1. The van der Waals surface area contributed by atoms with Crippen molar-refractivity contribution in [3.63, 3.8) is 0 Å². The van der Waals surface area contributed by atoms with Gasteiger partial charge in [0, 0.05) is 20.0 Å². The van der Waals surface area contributed by atoms with Crippen LogP contribution in [-0.4, -0.2) is 29.6 Å². The van der Waals surface area contributed by atoms with Crippen molar-refractivity contribution in [1.82, 2.24) is 0 Å². The average Bonchev–Trinajstić information content (AvgIpc) is 3.46. The number of carboxylic acid groups (broad SMARTS) is 1. The minimum Gasteiger partial charge on any atom is -0.478 e. The number of carboxylic acids is 1. The van der Waals surface area contributed by atoms with Crippen LogP contribution in [0.25, 0.3) is 0 Å². The van der Waals surface area contributed by atoms with Gasteiger partial charge in [0.2, 0.25) is 5.91 Å². The van der Waals surface area contributed by atoms with Crippen molar-refractivity contribution < 1.29 is 14.7 Å². The molecule has 27 heavy (non-hydrogen) atoms. The van der Waals surface area contributed by atoms with E-state index >= 15 is 0 Å². The van der Waals surface area contributed by atoms with Gasteiger partial charge in [0.05, 0.1) is 23.0 Å². The summed E-state index contributed by atoms with van der Waals surface area (Å²) in [5.74, 6) is -0.304. The zero-order valence-corrected chi connectivity index (χ0v) is 15.7. The molecule has 0 aromatic heterocycles. The number of hydrogen-bond acceptors (Lipinski definition) is 3. The van der Waals surface area contributed by atoms with Crippen LogP contribution in [0.1, 0.15) is 41.3 Å². The second kappa shape index (κ2) is 6.72. The van der Waals surface area contributed by atoms with Crippen molar-refractivity contribution in [2.24, 2.45) is 5.92 Å². The number of nitrogens with zero attached hydrogens (tertiary/aromatic N) is 2. The first-order valence-corrected chi connectivity index (χ1v) is 9.42. The molecule has 1 heterocycles. The van der Waals surface area contributed by atoms with Gasteiger partial charge in [-0.05, 0) is 49.4 Å². The molecule has 1 unspecified atom stereocenters. The Bertz CT molecular complexity index is 904. The zero-order valence-electron chi connectivity index (χ0n) is 15.7. The summed E-state index contributed by atoms with van der Waals surface area (Å²) in [4.78, 5) is 28.2. The molecule has 1 aliphatic carbocycles. The third kappa shape index (κ3) is 3.29. The van der Waals surface area contributed by atoms with Gasteiger partial charge in [-0.25, -0.2) is 4.79 Å². The first-order valence-electron chi connectivity index (χ1n) is 9.42. The van der Waals surface area contributed by atoms with E-state index in [1.165, 1.54) is 0 Å². The van der Waals surface area contributed by atoms with Crippen molar-refractivity contribution in [3.05, 3.63) is 59.2 Å². The van der Waals surface area contributed by atoms with E-state index in [-0.39, 0.29) is 11.9 Å². The minimum absolute atomic E-state index is 0.0702. The highest BCUT2D eigenvalue weighted by Gasteiger charge is 2.42. The fourth-order valence-electron chi connectivity index (χ4n) is 4.18. The number of aromatic carboxylic acids is 1. The molecule has 1 fully saturated rings. The Labute approximate surface area is 159 Å². The number of rotatable bonds is 4. The van der Waals surface area contributed by atoms with Gasteiger partial charge in [-0.3, -0.25) is 4.79 Å². The fourth-order valence-corrected chi connectivity index (χ4v) is 4.18. The highest BCUT2D eigenvalue weighted by Crippen LogP contribution is 2.44. The number of anilines is 2. The van der Waals surface area contributed by atoms with Crippen molar-refractivity contribution in [2.45, 2.75) is 39.3 Å². The summed E-state index contributed by atoms with van der Waals surface area (Å²) in [6.45, 7) is 4.86. The summed E-state index contributed by atoms with van der Waals surface area (Å²) in [6.07, 6.45) is 2.30. The topological polar surface area (TPSA) is 60.9 Å². The number of hydrogen-bond donors (Lipinski definition) is 1. The minimum atomic E-state index is -0.903. The third-order valence-corrected chi connectivity index (χ3v) is 5.58. The lowest BCUT2D eigenvalue weighted by Crippen LogP contribution is -2.52. The lowest BCUT2D eigenvalue weighted by atomic mass is 9.99. The third-order valence-electron chi connectivity index (χ3n) is 5.58. The largest absolute Gasteiger partial charge is 0.478 e. The van der Waals surface area contributed by atoms with Crippen molar-refractivity contribution in [2.75, 3.05) is 16.3 Å². The molecule has 2 aromatic carbocycles. The number of aryl methyl sites for hydroxylation is 1. The highest BCUT2D eigenvalue weighted by atomic mass is 16.4. The molecule has 1 amide bonds. The van der Waals surface area contributed by atoms with Crippen molar-refractivity contribution in [1.29, 1.82) is 0 Å². The van der Waals surface area contributed by atoms with E-state index in [0.717, 1.165) is 41.9 Å². The van der Waals surface area contributed by atoms with E-state index in [1.54, 1.807) is 13.0 Å². The van der Waals surface area contributed by atoms with Gasteiger partial charge < -0.3 is 14.9 Å². The molecule has 2 aliphatic rings. The van der Waals surface area contributed by atoms with E-state index in [1.807, 2.05) is 48.2 Å². The maximum atomic E-state index is 12.4. The number of amides is 1. The van der Waals surface area contributed by atoms with Crippen molar-refractivity contribution >= 4 is 23.3 Å². The van der Waals surface area contributed by atoms with Crippen LogP contribution < -0.4 is 9.80 Å². The first kappa shape index (κ1) is 17.6. The van der Waals surface area contributed by atoms with E-state index in [4.69, 9.17) is 0 Å². The van der Waals surface area contributed by atoms with Gasteiger partial charge in [-0.2, -0.15) is 0 Å². The molecule has 1 atom stereocenters. The van der Waals surface area contributed by atoms with Crippen LogP contribution in [-0.2, 0) is 11.3 Å². The number of carbonyl (C=O) groups is 2. The molecule has 1 saturated carbocycles. The zero-order chi connectivity index (χ0) is 19.1. The molecule has 0 spiro atoms. The molecule has 5 heteroatoms. The molecule has 1 N–H and O–H groups in total. The monoisotopic (exact) mass is 364 g/mol. The highest BCUT2D eigenvalue weighted by molar-refractivity contribution is 5.97. The maximum Gasteiger partial charge on any atom is 0.336 e. The van der Waals surface area contributed by atoms with E-state index in [0.29, 0.717) is 18.0 Å². The molecular formula is C22H24N2O3. The Morgan fingerprint density at radius 1 is 1.11 bits per heavy atom. The smallest absolute Gasteiger partial charge is 0.336 e. The standard InChI is InChI=1S/C22H24N2O3/c1-14-7-10-18(22(26)27)17(11-14)12-23-13-21(16-8-9-16)24(15(2)25)20-6-4-3-5-19(20)23/h3-7,10-11,16,21H,8-9,12-13H2,1-2H3,(H,26,27). The van der Waals surface area contributed by atoms with Crippen LogP contribution >= 0.6 is 0 Å². The summed E-state index contributed by atoms with van der Waals surface area (Å²) in [6, 6.07) is 13.6. The van der Waals surface area contributed by atoms with Crippen LogP contribution in [0.4, 0.5) is 11.4 Å². The Kier molecular flexibility index (Phi) is 4.38. The van der Waals surface area contributed by atoms with E-state index in [9.17, 15) is 14.7 Å². The van der Waals surface area contributed by atoms with Crippen LogP contribution in [0.3, 0.4) is 0 Å². The maximum absolute atomic E-state index is 12.4. The van der Waals surface area contributed by atoms with Gasteiger partial charge in [0.1, 0.15) is 0 Å². The Hall–Kier alpha value is -2.82. The SMILES string of the molecule is CC(=O)N1c2ccccc2N(Cc2cc(C)ccc2C(=O)O)CC1C1CC1. The summed E-state index contributed by atoms with van der Waals surface area (Å²) in [7, 11) is 0. The number of carbonyl (C=O) groups excluding carboxylic acids is 1. The van der Waals surface area contributed by atoms with Crippen molar-refractivity contribution in [3.8, 4) is 0 Å². The number of benzene rings is 2. The Balaban J connectivity index is 1.75. The molecular weight excluding hydrogens is 340 g/mol. The second-order valence-corrected chi connectivity index (χ2v) is 7.63. The summed E-state index contributed by atoms with van der Waals surface area (Å²) in [5, 5.41) is 9.57. The summed E-state index contributed by atoms with van der Waals surface area (Å²) >= 11 is 0. The Morgan fingerprint density at radius 2 is 1.81 bits per heavy atom. The lowest BCUT2D eigenvalue weighted by molar-refractivity contribution is -0.117. The van der Waals surface area contributed by atoms with E-state index < -0.39 is 5.97 Å². The van der Waals surface area contributed by atoms with E-state index in [2.05, 4.69) is 4.90 Å². The predicted octanol–water partition coefficient (Wildman–Crippen LogP) is 3.84. The lowest BCUT2D eigenvalue weighted by Gasteiger charge is -2.43. The van der Waals surface area contributed by atoms with Gasteiger partial charge in [-0.15, -0.1) is 0 Å². The molecule has 4 rings (SSSR count). The molecule has 140 valence electrons. The fraction of sp³-hybridized carbons (Fsp3) is 0.364. The quantitative estimate of drug-likeness (QED) is 0.895. The average molecular weight is 364 g/mol. The van der Waals surface area contributed by atoms with Crippen LogP contribution in [0, 0.1) is 12.8 Å². The molecule has 1 aliphatic heterocycles. The van der Waals surface area contributed by atoms with Gasteiger partial charge in [0.15, 0.2) is 0 Å². The molecule has 0 radical (unpaired) electrons. The summed E-state index contributed by atoms with van der Waals surface area (Å²) in [5.41, 5.74) is 4.11. The number of para-hydroxylation sites is 2. The van der Waals surface area contributed by atoms with Gasteiger partial charge in [0.25, 0.3) is 0 Å². The Morgan fingerprint density at radius 3 is 2.44 bits per heavy atom. The first-order chi connectivity index (χ1) is 13.0. The van der Waals surface area contributed by atoms with Crippen LogP contribution in [0.15, 0.2) is 42.5 Å². The van der Waals surface area contributed by atoms with Gasteiger partial charge >= 0.3 is 5.97 Å². The summed E-state index contributed by atoms with van der Waals surface area (Å²) < 4.78 is 0. The molecule has 0 saturated heterocycles. The van der Waals surface area contributed by atoms with Gasteiger partial charge in [-0.1, -0.05) is 29.8 Å². The molecule has 0 bridgehead atoms. The predicted molar refractivity (Wildman–Crippen MR) is 105 cm³/mol. The second-order valence-electron chi connectivity index (χ2n) is 7.63. The molecule has 5 nitrogen and oxygen atoms in total. The van der Waals surface area contributed by atoms with Crippen LogP contribution in [0.2, 0.25) is 0 Å². The normalized spacial score (nSPS) is 19.0. The van der Waals surface area contributed by atoms with Crippen LogP contribution in [0.5, 0.6) is 0 Å². The molecule has 2 aromatic rings.